The first-order valence-corrected chi connectivity index (χ1v) is 6.96. The Morgan fingerprint density at radius 3 is 2.73 bits per heavy atom. The van der Waals surface area contributed by atoms with Crippen molar-refractivity contribution in [3.63, 3.8) is 0 Å². The summed E-state index contributed by atoms with van der Waals surface area (Å²) >= 11 is 0. The lowest BCUT2D eigenvalue weighted by atomic mass is 10.2. The Morgan fingerprint density at radius 1 is 1.18 bits per heavy atom. The Kier molecular flexibility index (Phi) is 2.64. The molecular weight excluding hydrogens is 278 g/mol. The van der Waals surface area contributed by atoms with Gasteiger partial charge in [0.2, 0.25) is 0 Å². The summed E-state index contributed by atoms with van der Waals surface area (Å²) in [7, 11) is 0. The van der Waals surface area contributed by atoms with Crippen molar-refractivity contribution in [2.75, 3.05) is 5.43 Å². The van der Waals surface area contributed by atoms with Crippen LogP contribution in [0.15, 0.2) is 30.3 Å². The molecule has 0 aliphatic rings. The molecule has 3 heterocycles. The van der Waals surface area contributed by atoms with Crippen LogP contribution in [-0.4, -0.2) is 25.0 Å². The van der Waals surface area contributed by atoms with E-state index >= 15 is 0 Å². The first-order valence-electron chi connectivity index (χ1n) is 6.96. The van der Waals surface area contributed by atoms with Gasteiger partial charge in [0.25, 0.3) is 0 Å². The Morgan fingerprint density at radius 2 is 2.00 bits per heavy atom. The van der Waals surface area contributed by atoms with E-state index in [0.29, 0.717) is 11.6 Å². The number of nitrogens with zero attached hydrogens (tertiary/aromatic N) is 4. The van der Waals surface area contributed by atoms with Crippen molar-refractivity contribution in [2.45, 2.75) is 13.8 Å². The fourth-order valence-corrected chi connectivity index (χ4v) is 2.85. The minimum absolute atomic E-state index is 0.540. The maximum Gasteiger partial charge on any atom is 0.200 e. The van der Waals surface area contributed by atoms with Gasteiger partial charge in [-0.2, -0.15) is 5.10 Å². The number of aromatic amines is 1. The van der Waals surface area contributed by atoms with E-state index in [1.54, 1.807) is 4.68 Å². The highest BCUT2D eigenvalue weighted by Crippen LogP contribution is 2.32. The molecule has 0 fully saturated rings. The molecule has 4 aromatic rings. The van der Waals surface area contributed by atoms with Crippen LogP contribution < -0.4 is 11.3 Å². The molecule has 0 aliphatic carbocycles. The summed E-state index contributed by atoms with van der Waals surface area (Å²) in [5.74, 6) is 6.80. The van der Waals surface area contributed by atoms with Gasteiger partial charge >= 0.3 is 0 Å². The fourth-order valence-electron chi connectivity index (χ4n) is 2.85. The first-order chi connectivity index (χ1) is 10.7. The molecule has 0 spiro atoms. The Bertz CT molecular complexity index is 996. The molecule has 0 saturated heterocycles. The van der Waals surface area contributed by atoms with E-state index in [0.717, 1.165) is 33.2 Å². The third-order valence-corrected chi connectivity index (χ3v) is 3.76. The van der Waals surface area contributed by atoms with Gasteiger partial charge in [-0.3, -0.25) is 0 Å². The van der Waals surface area contributed by atoms with E-state index in [-0.39, 0.29) is 0 Å². The van der Waals surface area contributed by atoms with Gasteiger partial charge in [-0.05, 0) is 26.0 Å². The number of nitrogens with one attached hydrogen (secondary N) is 2. The number of anilines is 1. The van der Waals surface area contributed by atoms with Crippen molar-refractivity contribution in [3.05, 3.63) is 41.7 Å². The number of hydrogen-bond donors (Lipinski definition) is 3. The van der Waals surface area contributed by atoms with E-state index in [2.05, 4.69) is 25.7 Å². The van der Waals surface area contributed by atoms with Gasteiger partial charge in [-0.1, -0.05) is 18.2 Å². The van der Waals surface area contributed by atoms with Crippen LogP contribution in [0.4, 0.5) is 5.82 Å². The second kappa shape index (κ2) is 4.54. The number of aryl methyl sites for hydroxylation is 2. The van der Waals surface area contributed by atoms with Crippen LogP contribution in [0.1, 0.15) is 11.4 Å². The summed E-state index contributed by atoms with van der Waals surface area (Å²) in [5.41, 5.74) is 6.42. The molecule has 0 amide bonds. The molecule has 0 bridgehead atoms. The van der Waals surface area contributed by atoms with Crippen LogP contribution in [0.5, 0.6) is 0 Å². The van der Waals surface area contributed by atoms with Crippen molar-refractivity contribution in [3.8, 4) is 5.82 Å². The van der Waals surface area contributed by atoms with Gasteiger partial charge < -0.3 is 10.4 Å². The Labute approximate surface area is 126 Å². The molecule has 0 saturated carbocycles. The van der Waals surface area contributed by atoms with E-state index in [9.17, 15) is 0 Å². The van der Waals surface area contributed by atoms with Crippen molar-refractivity contribution >= 4 is 27.6 Å². The summed E-state index contributed by atoms with van der Waals surface area (Å²) in [6.07, 6.45) is 0. The predicted molar refractivity (Wildman–Crippen MR) is 85.8 cm³/mol. The number of benzene rings is 1. The maximum atomic E-state index is 5.60. The van der Waals surface area contributed by atoms with E-state index in [1.165, 1.54) is 0 Å². The molecule has 0 atom stereocenters. The molecule has 1 aromatic carbocycles. The monoisotopic (exact) mass is 293 g/mol. The Balaban J connectivity index is 2.15. The van der Waals surface area contributed by atoms with Gasteiger partial charge in [-0.15, -0.1) is 10.2 Å². The van der Waals surface area contributed by atoms with Crippen molar-refractivity contribution < 1.29 is 0 Å². The number of nitrogen functional groups attached to an aromatic ring is 1. The molecule has 22 heavy (non-hydrogen) atoms. The van der Waals surface area contributed by atoms with E-state index in [4.69, 9.17) is 5.84 Å². The average Bonchev–Trinajstić information content (AvgIpc) is 3.06. The van der Waals surface area contributed by atoms with Gasteiger partial charge in [0.15, 0.2) is 11.6 Å². The fraction of sp³-hybridized carbons (Fsp3) is 0.133. The number of para-hydroxylation sites is 1. The lowest BCUT2D eigenvalue weighted by Gasteiger charge is -2.07. The molecule has 7 nitrogen and oxygen atoms in total. The summed E-state index contributed by atoms with van der Waals surface area (Å²) in [5, 5.41) is 15.0. The molecular formula is C15H15N7. The predicted octanol–water partition coefficient (Wildman–Crippen LogP) is 2.20. The Hall–Kier alpha value is -2.93. The molecule has 7 heteroatoms. The van der Waals surface area contributed by atoms with Crippen LogP contribution in [0.25, 0.3) is 27.6 Å². The molecule has 3 aromatic heterocycles. The van der Waals surface area contributed by atoms with Crippen LogP contribution >= 0.6 is 0 Å². The van der Waals surface area contributed by atoms with Crippen LogP contribution in [0, 0.1) is 13.8 Å². The number of hydrogen-bond acceptors (Lipinski definition) is 5. The number of aromatic nitrogens is 5. The van der Waals surface area contributed by atoms with Gasteiger partial charge in [0.1, 0.15) is 0 Å². The number of hydrazine groups is 1. The zero-order valence-corrected chi connectivity index (χ0v) is 12.3. The quantitative estimate of drug-likeness (QED) is 0.389. The zero-order valence-electron chi connectivity index (χ0n) is 12.3. The van der Waals surface area contributed by atoms with Crippen LogP contribution in [0.3, 0.4) is 0 Å². The van der Waals surface area contributed by atoms with Crippen molar-refractivity contribution in [1.82, 2.24) is 25.0 Å². The first kappa shape index (κ1) is 12.8. The molecule has 110 valence electrons. The minimum atomic E-state index is 0.540. The maximum absolute atomic E-state index is 5.60. The number of H-pyrrole nitrogens is 1. The summed E-state index contributed by atoms with van der Waals surface area (Å²) < 4.78 is 1.79. The average molecular weight is 293 g/mol. The lowest BCUT2D eigenvalue weighted by Crippen LogP contribution is -2.12. The van der Waals surface area contributed by atoms with Gasteiger partial charge in [-0.25, -0.2) is 10.5 Å². The molecule has 0 unspecified atom stereocenters. The largest absolute Gasteiger partial charge is 0.351 e. The van der Waals surface area contributed by atoms with Crippen molar-refractivity contribution in [1.29, 1.82) is 0 Å². The topological polar surface area (TPSA) is 97.4 Å². The molecule has 0 radical (unpaired) electrons. The molecule has 0 aliphatic heterocycles. The highest BCUT2D eigenvalue weighted by molar-refractivity contribution is 6.13. The standard InChI is InChI=1S/C15H15N7/c1-8-7-9(2)22(21-8)15-13-12(14(18-16)19-20-15)10-5-3-4-6-11(10)17-13/h3-7,17H,16H2,1-2H3,(H,18,19). The summed E-state index contributed by atoms with van der Waals surface area (Å²) in [6.45, 7) is 3.94. The van der Waals surface area contributed by atoms with Gasteiger partial charge in [0, 0.05) is 16.6 Å². The third-order valence-electron chi connectivity index (χ3n) is 3.76. The lowest BCUT2D eigenvalue weighted by molar-refractivity contribution is 0.790. The highest BCUT2D eigenvalue weighted by Gasteiger charge is 2.17. The zero-order chi connectivity index (χ0) is 15.3. The number of nitrogens with two attached hydrogens (primary N) is 1. The molecule has 4 N–H and O–H groups in total. The highest BCUT2D eigenvalue weighted by atomic mass is 15.4. The van der Waals surface area contributed by atoms with E-state index in [1.807, 2.05) is 44.2 Å². The van der Waals surface area contributed by atoms with Crippen LogP contribution in [-0.2, 0) is 0 Å². The number of rotatable bonds is 2. The van der Waals surface area contributed by atoms with Gasteiger partial charge in [0.05, 0.1) is 16.6 Å². The summed E-state index contributed by atoms with van der Waals surface area (Å²) in [6, 6.07) is 10.0. The number of fused-ring (bicyclic) bond motifs is 3. The third kappa shape index (κ3) is 1.69. The second-order valence-electron chi connectivity index (χ2n) is 5.28. The van der Waals surface area contributed by atoms with E-state index < -0.39 is 0 Å². The smallest absolute Gasteiger partial charge is 0.200 e. The second-order valence-corrected chi connectivity index (χ2v) is 5.28. The van der Waals surface area contributed by atoms with Crippen LogP contribution in [0.2, 0.25) is 0 Å². The SMILES string of the molecule is Cc1cc(C)n(-c2nnc(NN)c3c2[nH]c2ccccc23)n1. The normalized spacial score (nSPS) is 11.4. The van der Waals surface area contributed by atoms with Crippen molar-refractivity contribution in [2.24, 2.45) is 5.84 Å². The summed E-state index contributed by atoms with van der Waals surface area (Å²) in [4.78, 5) is 3.40. The molecule has 4 rings (SSSR count). The minimum Gasteiger partial charge on any atom is -0.351 e.